The van der Waals surface area contributed by atoms with Gasteiger partial charge in [0.1, 0.15) is 5.75 Å². The number of para-hydroxylation sites is 1. The molecule has 5 nitrogen and oxygen atoms in total. The minimum absolute atomic E-state index is 0.153. The van der Waals surface area contributed by atoms with E-state index in [1.807, 2.05) is 66.7 Å². The van der Waals surface area contributed by atoms with Gasteiger partial charge in [-0.25, -0.2) is 4.99 Å². The Hall–Kier alpha value is -3.48. The molecule has 5 rings (SSSR count). The number of carbonyl (C=O) groups excluding carboxylic acids is 1. The molecule has 7 heteroatoms. The third kappa shape index (κ3) is 4.34. The van der Waals surface area contributed by atoms with E-state index in [2.05, 4.69) is 33.9 Å². The monoisotopic (exact) mass is 487 g/mol. The number of hydrogen-bond donors (Lipinski definition) is 1. The summed E-state index contributed by atoms with van der Waals surface area (Å²) in [4.78, 5) is 17.9. The zero-order valence-electron chi connectivity index (χ0n) is 18.7. The van der Waals surface area contributed by atoms with Gasteiger partial charge in [0.2, 0.25) is 0 Å². The van der Waals surface area contributed by atoms with E-state index in [0.29, 0.717) is 16.6 Å². The summed E-state index contributed by atoms with van der Waals surface area (Å²) in [6, 6.07) is 23.5. The molecule has 34 heavy (non-hydrogen) atoms. The summed E-state index contributed by atoms with van der Waals surface area (Å²) in [6.07, 6.45) is 1.96. The molecule has 1 fully saturated rings. The number of ether oxygens (including phenoxy) is 1. The highest BCUT2D eigenvalue weighted by Crippen LogP contribution is 2.34. The molecule has 1 N–H and O–H groups in total. The van der Waals surface area contributed by atoms with Gasteiger partial charge in [0.05, 0.1) is 17.7 Å². The van der Waals surface area contributed by atoms with Crippen LogP contribution in [0.1, 0.15) is 16.8 Å². The third-order valence-electron chi connectivity index (χ3n) is 5.80. The summed E-state index contributed by atoms with van der Waals surface area (Å²) in [6.45, 7) is 2.73. The Morgan fingerprint density at radius 1 is 1.06 bits per heavy atom. The second kappa shape index (κ2) is 9.41. The Morgan fingerprint density at radius 3 is 2.56 bits per heavy atom. The zero-order valence-corrected chi connectivity index (χ0v) is 20.3. The molecular weight excluding hydrogens is 466 g/mol. The fraction of sp³-hybridized carbons (Fsp3) is 0.111. The predicted molar refractivity (Wildman–Crippen MR) is 141 cm³/mol. The zero-order chi connectivity index (χ0) is 23.7. The number of methoxy groups -OCH3 is 1. The highest BCUT2D eigenvalue weighted by Gasteiger charge is 2.25. The number of rotatable bonds is 5. The van der Waals surface area contributed by atoms with Crippen molar-refractivity contribution in [1.29, 1.82) is 0 Å². The van der Waals surface area contributed by atoms with Gasteiger partial charge in [0.25, 0.3) is 5.91 Å². The Kier molecular flexibility index (Phi) is 6.18. The van der Waals surface area contributed by atoms with Crippen LogP contribution in [0.3, 0.4) is 0 Å². The van der Waals surface area contributed by atoms with Crippen LogP contribution >= 0.6 is 23.4 Å². The number of fused-ring (bicyclic) bond motifs is 1. The highest BCUT2D eigenvalue weighted by atomic mass is 35.5. The fourth-order valence-corrected chi connectivity index (χ4v) is 5.05. The van der Waals surface area contributed by atoms with Crippen LogP contribution < -0.4 is 10.1 Å². The van der Waals surface area contributed by atoms with Crippen LogP contribution in [0.15, 0.2) is 82.7 Å². The van der Waals surface area contributed by atoms with Crippen molar-refractivity contribution >= 4 is 57.1 Å². The van der Waals surface area contributed by atoms with E-state index < -0.39 is 0 Å². The fourth-order valence-electron chi connectivity index (χ4n) is 4.03. The van der Waals surface area contributed by atoms with Crippen molar-refractivity contribution in [1.82, 2.24) is 9.88 Å². The average molecular weight is 488 g/mol. The molecule has 0 bridgehead atoms. The van der Waals surface area contributed by atoms with E-state index in [-0.39, 0.29) is 5.91 Å². The summed E-state index contributed by atoms with van der Waals surface area (Å²) < 4.78 is 7.43. The first kappa shape index (κ1) is 22.3. The molecule has 0 atom stereocenters. The Labute approximate surface area is 207 Å². The van der Waals surface area contributed by atoms with E-state index in [9.17, 15) is 4.79 Å². The van der Waals surface area contributed by atoms with Crippen LogP contribution in [-0.4, -0.2) is 22.8 Å². The van der Waals surface area contributed by atoms with Gasteiger partial charge in [-0.2, -0.15) is 0 Å². The average Bonchev–Trinajstić information content (AvgIpc) is 3.32. The maximum Gasteiger partial charge on any atom is 0.264 e. The molecule has 1 aliphatic heterocycles. The molecule has 1 aliphatic rings. The number of aromatic nitrogens is 1. The maximum atomic E-state index is 12.7. The molecule has 1 amide bonds. The highest BCUT2D eigenvalue weighted by molar-refractivity contribution is 8.18. The predicted octanol–water partition coefficient (Wildman–Crippen LogP) is 6.55. The van der Waals surface area contributed by atoms with Crippen molar-refractivity contribution in [3.63, 3.8) is 0 Å². The van der Waals surface area contributed by atoms with E-state index in [1.54, 1.807) is 7.11 Å². The number of nitrogens with one attached hydrogen (secondary N) is 1. The molecular formula is C27H22ClN3O2S. The van der Waals surface area contributed by atoms with Gasteiger partial charge in [-0.05, 0) is 66.7 Å². The number of nitrogens with zero attached hydrogens (tertiary/aromatic N) is 2. The smallest absolute Gasteiger partial charge is 0.264 e. The molecule has 0 radical (unpaired) electrons. The van der Waals surface area contributed by atoms with Crippen molar-refractivity contribution in [2.45, 2.75) is 13.5 Å². The van der Waals surface area contributed by atoms with Gasteiger partial charge in [0, 0.05) is 33.7 Å². The summed E-state index contributed by atoms with van der Waals surface area (Å²) in [5.74, 6) is 0.607. The number of hydrogen-bond acceptors (Lipinski definition) is 4. The molecule has 0 spiro atoms. The lowest BCUT2D eigenvalue weighted by Crippen LogP contribution is -2.19. The number of thioether (sulfide) groups is 1. The van der Waals surface area contributed by atoms with Crippen LogP contribution in [0.4, 0.5) is 5.69 Å². The Morgan fingerprint density at radius 2 is 1.79 bits per heavy atom. The summed E-state index contributed by atoms with van der Waals surface area (Å²) in [5, 5.41) is 5.26. The minimum atomic E-state index is -0.153. The third-order valence-corrected chi connectivity index (χ3v) is 7.07. The van der Waals surface area contributed by atoms with Crippen molar-refractivity contribution < 1.29 is 9.53 Å². The molecule has 0 saturated carbocycles. The number of benzene rings is 3. The number of carbonyl (C=O) groups is 1. The molecule has 3 aromatic carbocycles. The van der Waals surface area contributed by atoms with Crippen LogP contribution in [0.25, 0.3) is 17.0 Å². The SMILES string of the molecule is COc1ccc(N=C2NC(=O)/C(=C\c3c(C)n(Cc4ccccc4Cl)c4ccccc34)S2)cc1. The lowest BCUT2D eigenvalue weighted by Gasteiger charge is -2.10. The van der Waals surface area contributed by atoms with Crippen molar-refractivity contribution in [2.75, 3.05) is 7.11 Å². The van der Waals surface area contributed by atoms with Crippen molar-refractivity contribution in [2.24, 2.45) is 4.99 Å². The summed E-state index contributed by atoms with van der Waals surface area (Å²) in [7, 11) is 1.62. The quantitative estimate of drug-likeness (QED) is 0.325. The minimum Gasteiger partial charge on any atom is -0.497 e. The standard InChI is InChI=1S/C27H22ClN3O2S/c1-17-22(15-25-26(32)30-27(34-25)29-19-11-13-20(33-2)14-12-19)21-8-4-6-10-24(21)31(17)16-18-7-3-5-9-23(18)28/h3-15H,16H2,1-2H3,(H,29,30,32)/b25-15+. The Bertz CT molecular complexity index is 1450. The molecule has 1 saturated heterocycles. The first-order valence-electron chi connectivity index (χ1n) is 10.8. The molecule has 4 aromatic rings. The maximum absolute atomic E-state index is 12.7. The largest absolute Gasteiger partial charge is 0.497 e. The van der Waals surface area contributed by atoms with E-state index in [4.69, 9.17) is 16.3 Å². The van der Waals surface area contributed by atoms with Gasteiger partial charge in [-0.15, -0.1) is 0 Å². The van der Waals surface area contributed by atoms with Crippen molar-refractivity contribution in [3.05, 3.63) is 99.5 Å². The van der Waals surface area contributed by atoms with E-state index in [0.717, 1.165) is 44.2 Å². The van der Waals surface area contributed by atoms with Crippen molar-refractivity contribution in [3.8, 4) is 5.75 Å². The number of amidine groups is 1. The topological polar surface area (TPSA) is 55.6 Å². The van der Waals surface area contributed by atoms with E-state index in [1.165, 1.54) is 11.8 Å². The van der Waals surface area contributed by atoms with Gasteiger partial charge >= 0.3 is 0 Å². The van der Waals surface area contributed by atoms with Gasteiger partial charge in [-0.1, -0.05) is 48.0 Å². The molecule has 2 heterocycles. The molecule has 0 unspecified atom stereocenters. The number of amides is 1. The number of aliphatic imine (C=N–C) groups is 1. The molecule has 0 aliphatic carbocycles. The van der Waals surface area contributed by atoms with Crippen LogP contribution in [0.5, 0.6) is 5.75 Å². The Balaban J connectivity index is 1.50. The number of halogens is 1. The molecule has 170 valence electrons. The van der Waals surface area contributed by atoms with Crippen LogP contribution in [0.2, 0.25) is 5.02 Å². The lowest BCUT2D eigenvalue weighted by molar-refractivity contribution is -0.115. The summed E-state index contributed by atoms with van der Waals surface area (Å²) in [5.41, 5.74) is 4.99. The second-order valence-electron chi connectivity index (χ2n) is 7.87. The van der Waals surface area contributed by atoms with Gasteiger partial charge in [-0.3, -0.25) is 4.79 Å². The first-order valence-corrected chi connectivity index (χ1v) is 12.0. The van der Waals surface area contributed by atoms with Crippen LogP contribution in [0, 0.1) is 6.92 Å². The van der Waals surface area contributed by atoms with Gasteiger partial charge < -0.3 is 14.6 Å². The first-order chi connectivity index (χ1) is 16.5. The second-order valence-corrected chi connectivity index (χ2v) is 9.31. The summed E-state index contributed by atoms with van der Waals surface area (Å²) >= 11 is 7.78. The van der Waals surface area contributed by atoms with E-state index >= 15 is 0 Å². The van der Waals surface area contributed by atoms with Gasteiger partial charge in [0.15, 0.2) is 5.17 Å². The molecule has 1 aromatic heterocycles. The normalized spacial score (nSPS) is 15.9. The lowest BCUT2D eigenvalue weighted by atomic mass is 10.1. The van der Waals surface area contributed by atoms with Crippen LogP contribution in [-0.2, 0) is 11.3 Å².